The smallest absolute Gasteiger partial charge is 0.202 e. The summed E-state index contributed by atoms with van der Waals surface area (Å²) in [6.45, 7) is 2.49. The first-order valence-electron chi connectivity index (χ1n) is 3.96. The summed E-state index contributed by atoms with van der Waals surface area (Å²) in [6.07, 6.45) is 0. The van der Waals surface area contributed by atoms with Gasteiger partial charge in [0.1, 0.15) is 0 Å². The number of rotatable bonds is 3. The Hall–Kier alpha value is -1.32. The minimum atomic E-state index is -0.957. The van der Waals surface area contributed by atoms with Gasteiger partial charge in [0.15, 0.2) is 11.6 Å². The number of nitrogens with one attached hydrogen (secondary N) is 1. The lowest BCUT2D eigenvalue weighted by Gasteiger charge is -2.10. The van der Waals surface area contributed by atoms with Crippen LogP contribution < -0.4 is 10.1 Å². The van der Waals surface area contributed by atoms with Gasteiger partial charge in [-0.3, -0.25) is 0 Å². The van der Waals surface area contributed by atoms with Gasteiger partial charge in [-0.1, -0.05) is 0 Å². The average Bonchev–Trinajstić information content (AvgIpc) is 2.12. The first kappa shape index (κ1) is 9.77. The van der Waals surface area contributed by atoms with E-state index in [-0.39, 0.29) is 5.75 Å². The molecule has 0 bridgehead atoms. The molecule has 13 heavy (non-hydrogen) atoms. The minimum Gasteiger partial charge on any atom is -0.491 e. The zero-order chi connectivity index (χ0) is 9.84. The molecule has 1 rings (SSSR count). The van der Waals surface area contributed by atoms with Crippen LogP contribution in [0.3, 0.4) is 0 Å². The number of anilines is 1. The molecular formula is C9H11F2NO. The SMILES string of the molecule is CCNc1ccc(F)c(F)c1OC. The summed E-state index contributed by atoms with van der Waals surface area (Å²) in [6, 6.07) is 2.51. The number of methoxy groups -OCH3 is 1. The van der Waals surface area contributed by atoms with E-state index in [1.807, 2.05) is 6.92 Å². The average molecular weight is 187 g/mol. The van der Waals surface area contributed by atoms with Crippen molar-refractivity contribution in [3.63, 3.8) is 0 Å². The van der Waals surface area contributed by atoms with Crippen LogP contribution in [-0.2, 0) is 0 Å². The van der Waals surface area contributed by atoms with Gasteiger partial charge in [0.25, 0.3) is 0 Å². The summed E-state index contributed by atoms with van der Waals surface area (Å²) in [4.78, 5) is 0. The molecule has 0 aromatic heterocycles. The van der Waals surface area contributed by atoms with Gasteiger partial charge < -0.3 is 10.1 Å². The van der Waals surface area contributed by atoms with Crippen molar-refractivity contribution in [2.24, 2.45) is 0 Å². The highest BCUT2D eigenvalue weighted by molar-refractivity contribution is 5.57. The molecule has 0 saturated carbocycles. The van der Waals surface area contributed by atoms with Gasteiger partial charge in [0.2, 0.25) is 5.82 Å². The van der Waals surface area contributed by atoms with E-state index in [0.29, 0.717) is 12.2 Å². The number of benzene rings is 1. The number of ether oxygens (including phenoxy) is 1. The molecule has 1 aromatic rings. The fourth-order valence-electron chi connectivity index (χ4n) is 1.06. The fourth-order valence-corrected chi connectivity index (χ4v) is 1.06. The lowest BCUT2D eigenvalue weighted by atomic mass is 10.2. The van der Waals surface area contributed by atoms with Gasteiger partial charge in [-0.25, -0.2) is 4.39 Å². The van der Waals surface area contributed by atoms with Gasteiger partial charge in [0.05, 0.1) is 12.8 Å². The zero-order valence-corrected chi connectivity index (χ0v) is 7.53. The highest BCUT2D eigenvalue weighted by atomic mass is 19.2. The van der Waals surface area contributed by atoms with Crippen LogP contribution in [0, 0.1) is 11.6 Å². The van der Waals surface area contributed by atoms with E-state index in [4.69, 9.17) is 4.74 Å². The molecule has 0 amide bonds. The maximum atomic E-state index is 13.0. The summed E-state index contributed by atoms with van der Waals surface area (Å²) in [5, 5.41) is 2.86. The second kappa shape index (κ2) is 4.07. The molecule has 0 aliphatic heterocycles. The molecule has 4 heteroatoms. The van der Waals surface area contributed by atoms with Crippen molar-refractivity contribution in [3.8, 4) is 5.75 Å². The first-order chi connectivity index (χ1) is 6.20. The quantitative estimate of drug-likeness (QED) is 0.784. The Morgan fingerprint density at radius 3 is 2.62 bits per heavy atom. The predicted molar refractivity (Wildman–Crippen MR) is 47.1 cm³/mol. The van der Waals surface area contributed by atoms with Crippen molar-refractivity contribution in [3.05, 3.63) is 23.8 Å². The molecule has 72 valence electrons. The Morgan fingerprint density at radius 1 is 1.38 bits per heavy atom. The molecule has 0 aliphatic carbocycles. The summed E-state index contributed by atoms with van der Waals surface area (Å²) in [7, 11) is 1.30. The van der Waals surface area contributed by atoms with E-state index in [9.17, 15) is 8.78 Å². The Balaban J connectivity index is 3.13. The van der Waals surface area contributed by atoms with Gasteiger partial charge in [0, 0.05) is 6.54 Å². The second-order valence-electron chi connectivity index (χ2n) is 2.47. The normalized spacial score (nSPS) is 9.85. The van der Waals surface area contributed by atoms with E-state index in [0.717, 1.165) is 6.07 Å². The van der Waals surface area contributed by atoms with Crippen molar-refractivity contribution < 1.29 is 13.5 Å². The molecule has 0 radical (unpaired) electrons. The van der Waals surface area contributed by atoms with E-state index >= 15 is 0 Å². The van der Waals surface area contributed by atoms with Crippen LogP contribution in [0.4, 0.5) is 14.5 Å². The summed E-state index contributed by atoms with van der Waals surface area (Å²) < 4.78 is 30.5. The molecular weight excluding hydrogens is 176 g/mol. The Morgan fingerprint density at radius 2 is 2.08 bits per heavy atom. The lowest BCUT2D eigenvalue weighted by molar-refractivity contribution is 0.373. The van der Waals surface area contributed by atoms with Crippen LogP contribution in [0.1, 0.15) is 6.92 Å². The topological polar surface area (TPSA) is 21.3 Å². The molecule has 1 N–H and O–H groups in total. The summed E-state index contributed by atoms with van der Waals surface area (Å²) >= 11 is 0. The Labute approximate surface area is 75.5 Å². The fraction of sp³-hybridized carbons (Fsp3) is 0.333. The molecule has 0 atom stereocenters. The minimum absolute atomic E-state index is 0.0816. The molecule has 0 saturated heterocycles. The van der Waals surface area contributed by atoms with E-state index < -0.39 is 11.6 Å². The maximum absolute atomic E-state index is 13.0. The molecule has 0 unspecified atom stereocenters. The molecule has 0 fully saturated rings. The van der Waals surface area contributed by atoms with Crippen molar-refractivity contribution >= 4 is 5.69 Å². The van der Waals surface area contributed by atoms with Gasteiger partial charge in [-0.05, 0) is 19.1 Å². The number of halogens is 2. The van der Waals surface area contributed by atoms with Crippen LogP contribution >= 0.6 is 0 Å². The molecule has 2 nitrogen and oxygen atoms in total. The number of hydrogen-bond acceptors (Lipinski definition) is 2. The predicted octanol–water partition coefficient (Wildman–Crippen LogP) is 2.41. The van der Waals surface area contributed by atoms with E-state index in [1.165, 1.54) is 13.2 Å². The van der Waals surface area contributed by atoms with Gasteiger partial charge >= 0.3 is 0 Å². The highest BCUT2D eigenvalue weighted by Gasteiger charge is 2.12. The van der Waals surface area contributed by atoms with E-state index in [1.54, 1.807) is 0 Å². The Kier molecular flexibility index (Phi) is 3.06. The highest BCUT2D eigenvalue weighted by Crippen LogP contribution is 2.28. The van der Waals surface area contributed by atoms with Gasteiger partial charge in [-0.2, -0.15) is 4.39 Å². The van der Waals surface area contributed by atoms with Crippen LogP contribution in [0.15, 0.2) is 12.1 Å². The van der Waals surface area contributed by atoms with Crippen molar-refractivity contribution in [2.75, 3.05) is 19.0 Å². The Bertz CT molecular complexity index is 302. The zero-order valence-electron chi connectivity index (χ0n) is 7.53. The summed E-state index contributed by atoms with van der Waals surface area (Å²) in [5.74, 6) is -1.94. The van der Waals surface area contributed by atoms with Crippen LogP contribution in [0.25, 0.3) is 0 Å². The molecule has 0 spiro atoms. The van der Waals surface area contributed by atoms with E-state index in [2.05, 4.69) is 5.32 Å². The van der Waals surface area contributed by atoms with Crippen molar-refractivity contribution in [1.82, 2.24) is 0 Å². The molecule has 0 heterocycles. The van der Waals surface area contributed by atoms with Crippen LogP contribution in [-0.4, -0.2) is 13.7 Å². The maximum Gasteiger partial charge on any atom is 0.202 e. The lowest BCUT2D eigenvalue weighted by Crippen LogP contribution is -2.02. The third-order valence-corrected chi connectivity index (χ3v) is 1.62. The van der Waals surface area contributed by atoms with Crippen LogP contribution in [0.2, 0.25) is 0 Å². The largest absolute Gasteiger partial charge is 0.491 e. The first-order valence-corrected chi connectivity index (χ1v) is 3.96. The molecule has 0 aliphatic rings. The standard InChI is InChI=1S/C9H11F2NO/c1-3-12-7-5-4-6(10)8(11)9(7)13-2/h4-5,12H,3H2,1-2H3. The third-order valence-electron chi connectivity index (χ3n) is 1.62. The van der Waals surface area contributed by atoms with Crippen molar-refractivity contribution in [1.29, 1.82) is 0 Å². The summed E-state index contributed by atoms with van der Waals surface area (Å²) in [5.41, 5.74) is 0.462. The monoisotopic (exact) mass is 187 g/mol. The van der Waals surface area contributed by atoms with Crippen LogP contribution in [0.5, 0.6) is 5.75 Å². The third kappa shape index (κ3) is 1.88. The van der Waals surface area contributed by atoms with Gasteiger partial charge in [-0.15, -0.1) is 0 Å². The van der Waals surface area contributed by atoms with Crippen molar-refractivity contribution in [2.45, 2.75) is 6.92 Å². The second-order valence-corrected chi connectivity index (χ2v) is 2.47. The molecule has 1 aromatic carbocycles. The number of hydrogen-bond donors (Lipinski definition) is 1.